The molecule has 2 N–H and O–H groups in total. The average Bonchev–Trinajstić information content (AvgIpc) is 2.93. The lowest BCUT2D eigenvalue weighted by Gasteiger charge is -2.19. The summed E-state index contributed by atoms with van der Waals surface area (Å²) in [5.74, 6) is 0. The molecule has 0 aliphatic heterocycles. The zero-order chi connectivity index (χ0) is 14.9. The van der Waals surface area contributed by atoms with Crippen LogP contribution in [-0.2, 0) is 12.0 Å². The fraction of sp³-hybridized carbons (Fsp3) is 0.263. The molecule has 2 nitrogen and oxygen atoms in total. The molecule has 0 unspecified atom stereocenters. The minimum Gasteiger partial charge on any atom is -0.381 e. The van der Waals surface area contributed by atoms with Gasteiger partial charge >= 0.3 is 0 Å². The van der Waals surface area contributed by atoms with Crippen molar-refractivity contribution >= 4 is 16.6 Å². The van der Waals surface area contributed by atoms with Gasteiger partial charge in [0.15, 0.2) is 0 Å². The Morgan fingerprint density at radius 2 is 1.71 bits per heavy atom. The summed E-state index contributed by atoms with van der Waals surface area (Å²) in [7, 11) is 0. The van der Waals surface area contributed by atoms with Crippen molar-refractivity contribution < 1.29 is 0 Å². The summed E-state index contributed by atoms with van der Waals surface area (Å²) < 4.78 is 0. The fourth-order valence-corrected chi connectivity index (χ4v) is 2.59. The molecule has 1 aromatic heterocycles. The van der Waals surface area contributed by atoms with Crippen molar-refractivity contribution in [3.8, 4) is 0 Å². The van der Waals surface area contributed by atoms with Gasteiger partial charge in [0.1, 0.15) is 0 Å². The van der Waals surface area contributed by atoms with Crippen molar-refractivity contribution in [1.29, 1.82) is 0 Å². The van der Waals surface area contributed by atoms with Crippen LogP contribution in [0.25, 0.3) is 10.9 Å². The molecule has 0 radical (unpaired) electrons. The van der Waals surface area contributed by atoms with Gasteiger partial charge in [0.05, 0.1) is 0 Å². The Kier molecular flexibility index (Phi) is 3.46. The smallest absolute Gasteiger partial charge is 0.0457 e. The summed E-state index contributed by atoms with van der Waals surface area (Å²) in [5, 5.41) is 4.80. The average molecular weight is 278 g/mol. The maximum absolute atomic E-state index is 3.51. The van der Waals surface area contributed by atoms with Gasteiger partial charge in [-0.15, -0.1) is 0 Å². The Bertz CT molecular complexity index is 730. The number of anilines is 1. The van der Waals surface area contributed by atoms with Gasteiger partial charge in [-0.2, -0.15) is 0 Å². The Morgan fingerprint density at radius 1 is 0.952 bits per heavy atom. The molecule has 0 saturated heterocycles. The van der Waals surface area contributed by atoms with Crippen LogP contribution in [-0.4, -0.2) is 4.98 Å². The molecular formula is C19H22N2. The molecule has 0 spiro atoms. The lowest BCUT2D eigenvalue weighted by atomic mass is 9.87. The third-order valence-corrected chi connectivity index (χ3v) is 3.92. The molecular weight excluding hydrogens is 256 g/mol. The molecule has 3 aromatic rings. The van der Waals surface area contributed by atoms with Crippen LogP contribution in [0.2, 0.25) is 0 Å². The Balaban J connectivity index is 1.74. The largest absolute Gasteiger partial charge is 0.381 e. The molecule has 108 valence electrons. The molecule has 0 bridgehead atoms. The van der Waals surface area contributed by atoms with Crippen LogP contribution in [0.4, 0.5) is 5.69 Å². The Labute approximate surface area is 126 Å². The summed E-state index contributed by atoms with van der Waals surface area (Å²) in [4.78, 5) is 3.25. The van der Waals surface area contributed by atoms with E-state index in [1.165, 1.54) is 22.0 Å². The zero-order valence-corrected chi connectivity index (χ0v) is 12.9. The Morgan fingerprint density at radius 3 is 2.43 bits per heavy atom. The summed E-state index contributed by atoms with van der Waals surface area (Å²) in [6.45, 7) is 7.55. The molecule has 0 saturated carbocycles. The molecule has 21 heavy (non-hydrogen) atoms. The highest BCUT2D eigenvalue weighted by Crippen LogP contribution is 2.24. The van der Waals surface area contributed by atoms with Crippen molar-refractivity contribution in [2.24, 2.45) is 0 Å². The van der Waals surface area contributed by atoms with Crippen LogP contribution in [0.5, 0.6) is 0 Å². The van der Waals surface area contributed by atoms with E-state index in [9.17, 15) is 0 Å². The zero-order valence-electron chi connectivity index (χ0n) is 12.9. The van der Waals surface area contributed by atoms with Crippen LogP contribution in [0, 0.1) is 0 Å². The van der Waals surface area contributed by atoms with E-state index in [2.05, 4.69) is 79.6 Å². The van der Waals surface area contributed by atoms with E-state index in [0.29, 0.717) is 0 Å². The number of aromatic nitrogens is 1. The van der Waals surface area contributed by atoms with Crippen LogP contribution >= 0.6 is 0 Å². The van der Waals surface area contributed by atoms with E-state index in [1.807, 2.05) is 6.20 Å². The molecule has 0 aliphatic rings. The number of fused-ring (bicyclic) bond motifs is 1. The second-order valence-corrected chi connectivity index (χ2v) is 6.54. The highest BCUT2D eigenvalue weighted by Gasteiger charge is 2.12. The van der Waals surface area contributed by atoms with Gasteiger partial charge in [-0.1, -0.05) is 45.0 Å². The minimum atomic E-state index is 0.204. The maximum atomic E-state index is 3.51. The third-order valence-electron chi connectivity index (χ3n) is 3.92. The SMILES string of the molecule is CC(C)(C)c1ccc(NCc2cccc3[nH]ccc23)cc1. The number of benzene rings is 2. The Hall–Kier alpha value is -2.22. The molecule has 0 atom stereocenters. The second-order valence-electron chi connectivity index (χ2n) is 6.54. The van der Waals surface area contributed by atoms with E-state index in [4.69, 9.17) is 0 Å². The number of H-pyrrole nitrogens is 1. The van der Waals surface area contributed by atoms with Gasteiger partial charge < -0.3 is 10.3 Å². The number of hydrogen-bond donors (Lipinski definition) is 2. The third kappa shape index (κ3) is 2.94. The summed E-state index contributed by atoms with van der Waals surface area (Å²) in [6.07, 6.45) is 1.99. The standard InChI is InChI=1S/C19H22N2/c1-19(2,3)15-7-9-16(10-8-15)21-13-14-5-4-6-18-17(14)11-12-20-18/h4-12,20-21H,13H2,1-3H3. The summed E-state index contributed by atoms with van der Waals surface area (Å²) in [6, 6.07) is 17.3. The van der Waals surface area contributed by atoms with Gasteiger partial charge in [0.25, 0.3) is 0 Å². The first-order valence-corrected chi connectivity index (χ1v) is 7.43. The molecule has 0 fully saturated rings. The van der Waals surface area contributed by atoms with E-state index in [1.54, 1.807) is 0 Å². The number of rotatable bonds is 3. The fourth-order valence-electron chi connectivity index (χ4n) is 2.59. The minimum absolute atomic E-state index is 0.204. The van der Waals surface area contributed by atoms with Gasteiger partial charge in [0, 0.05) is 29.3 Å². The van der Waals surface area contributed by atoms with Crippen molar-refractivity contribution in [2.45, 2.75) is 32.7 Å². The van der Waals surface area contributed by atoms with E-state index < -0.39 is 0 Å². The second kappa shape index (κ2) is 5.28. The number of aromatic amines is 1. The molecule has 1 heterocycles. The van der Waals surface area contributed by atoms with Crippen molar-refractivity contribution in [3.05, 3.63) is 65.9 Å². The van der Waals surface area contributed by atoms with Crippen molar-refractivity contribution in [1.82, 2.24) is 4.98 Å². The topological polar surface area (TPSA) is 27.8 Å². The molecule has 0 amide bonds. The first-order chi connectivity index (χ1) is 10.0. The maximum Gasteiger partial charge on any atom is 0.0457 e. The number of nitrogens with one attached hydrogen (secondary N) is 2. The molecule has 2 aromatic carbocycles. The lowest BCUT2D eigenvalue weighted by Crippen LogP contribution is -2.10. The van der Waals surface area contributed by atoms with Crippen LogP contribution in [0.3, 0.4) is 0 Å². The van der Waals surface area contributed by atoms with Gasteiger partial charge in [-0.3, -0.25) is 0 Å². The highest BCUT2D eigenvalue weighted by molar-refractivity contribution is 5.83. The van der Waals surface area contributed by atoms with Crippen molar-refractivity contribution in [3.63, 3.8) is 0 Å². The van der Waals surface area contributed by atoms with Crippen LogP contribution < -0.4 is 5.32 Å². The van der Waals surface area contributed by atoms with Gasteiger partial charge in [-0.05, 0) is 40.8 Å². The monoisotopic (exact) mass is 278 g/mol. The first kappa shape index (κ1) is 13.7. The van der Waals surface area contributed by atoms with E-state index >= 15 is 0 Å². The van der Waals surface area contributed by atoms with Crippen LogP contribution in [0.15, 0.2) is 54.7 Å². The predicted molar refractivity (Wildman–Crippen MR) is 90.8 cm³/mol. The van der Waals surface area contributed by atoms with Crippen LogP contribution in [0.1, 0.15) is 31.9 Å². The predicted octanol–water partition coefficient (Wildman–Crippen LogP) is 5.08. The lowest BCUT2D eigenvalue weighted by molar-refractivity contribution is 0.590. The molecule has 0 aliphatic carbocycles. The van der Waals surface area contributed by atoms with Crippen molar-refractivity contribution in [2.75, 3.05) is 5.32 Å². The summed E-state index contributed by atoms with van der Waals surface area (Å²) in [5.41, 5.74) is 5.23. The normalized spacial score (nSPS) is 11.8. The van der Waals surface area contributed by atoms with Gasteiger partial charge in [-0.25, -0.2) is 0 Å². The first-order valence-electron chi connectivity index (χ1n) is 7.43. The highest BCUT2D eigenvalue weighted by atomic mass is 14.9. The molecule has 3 rings (SSSR count). The van der Waals surface area contributed by atoms with E-state index in [0.717, 1.165) is 12.2 Å². The number of hydrogen-bond acceptors (Lipinski definition) is 1. The van der Waals surface area contributed by atoms with Gasteiger partial charge in [0.2, 0.25) is 0 Å². The van der Waals surface area contributed by atoms with E-state index in [-0.39, 0.29) is 5.41 Å². The molecule has 2 heteroatoms. The quantitative estimate of drug-likeness (QED) is 0.687. The summed E-state index contributed by atoms with van der Waals surface area (Å²) >= 11 is 0.